The molecule has 0 aliphatic rings. The molecule has 0 nitrogen and oxygen atoms in total. The van der Waals surface area contributed by atoms with E-state index in [1.165, 1.54) is 0 Å². The third kappa shape index (κ3) is 47.0. The first-order chi connectivity index (χ1) is 44.1. The normalized spacial score (nSPS) is 16.5. The molecule has 0 rings (SSSR count). The largest absolute Gasteiger partial charge is 0.244 e. The van der Waals surface area contributed by atoms with Crippen molar-refractivity contribution in [3.05, 3.63) is 0 Å². The maximum Gasteiger partial charge on any atom is 0.113 e. The van der Waals surface area contributed by atoms with Gasteiger partial charge < -0.3 is 0 Å². The summed E-state index contributed by atoms with van der Waals surface area (Å²) in [5, 5.41) is 0. The van der Waals surface area contributed by atoms with Crippen LogP contribution < -0.4 is 0 Å². The predicted molar refractivity (Wildman–Crippen MR) is 431 cm³/mol. The van der Waals surface area contributed by atoms with Gasteiger partial charge in [0.2, 0.25) is 0 Å². The molecule has 0 aromatic carbocycles. The predicted octanol–water partition coefficient (Wildman–Crippen LogP) is 34.4. The van der Waals surface area contributed by atoms with Crippen LogP contribution in [-0.4, -0.2) is 51.0 Å². The van der Waals surface area contributed by atoms with Crippen molar-refractivity contribution >= 4 is 0 Å². The zero-order valence-corrected chi connectivity index (χ0v) is 75.1. The summed E-state index contributed by atoms with van der Waals surface area (Å²) in [6.45, 7) is 84.8. The van der Waals surface area contributed by atoms with Gasteiger partial charge in [-0.05, 0) is 210 Å². The standard InChI is InChI=1S/C12H25F.2C11H23F.3C10H21F.C9H19F.2C8H17F/c1-7-8-12(6,13)11(9(2)3)10(4)5;1-7-11(6,12)10(8(2)3)9(4)5;1-6-9-11(5,12)10(4,7-2)8-3;1-6-9(4,7-2)10(5,11)8-3;1-6-9(7-2)10(5,11)8(3)4;1-5-8-10(4,11)9(6-2)7-3;1-5-8(6-2)9(4,10)7-3;1-6(2)8(5,9)7(3)4;1-4-6-8(3,9)7-5-2/h9-11H,7-8H2,1-6H3;8-10H,7H2,1-6H3;6-9H2,1-5H3;6-8H2,1-5H3;8-9H,6-7H2,1-5H3;9H,5-8H2,1-4H3;8H,5-7H2,1-4H3;6-7H,1-5H3;4-7H2,1-3H3. The summed E-state index contributed by atoms with van der Waals surface area (Å²) in [6, 6.07) is 0. The van der Waals surface area contributed by atoms with Crippen LogP contribution in [-0.2, 0) is 0 Å². The van der Waals surface area contributed by atoms with Crippen LogP contribution in [0.5, 0.6) is 0 Å². The van der Waals surface area contributed by atoms with Crippen LogP contribution in [0.4, 0.5) is 39.5 Å². The maximum atomic E-state index is 14.3. The van der Waals surface area contributed by atoms with Crippen LogP contribution in [0.2, 0.25) is 0 Å². The SMILES string of the molecule is CC(C)C(C)(F)C(C)C.CCC(C)(F)C(C(C)C)C(C)C.CCC(C)(F)C(C)(CC)CC.CCC(CC)C(C)(F)C(C)C.CCC(CC)C(C)(F)CC.CCCC(C)(F)C(C(C)C)C(C)C.CCCC(C)(F)C(C)(CC)CC.CCCC(C)(F)C(CC)CC.CCCC(C)(F)CCC. The Hall–Kier alpha value is -0.630. The van der Waals surface area contributed by atoms with Crippen LogP contribution >= 0.6 is 0 Å². The summed E-state index contributed by atoms with van der Waals surface area (Å²) >= 11 is 0. The molecule has 0 fully saturated rings. The minimum atomic E-state index is -1.00. The van der Waals surface area contributed by atoms with Gasteiger partial charge >= 0.3 is 0 Å². The molecule has 0 heterocycles. The fraction of sp³-hybridized carbons (Fsp3) is 1.00. The lowest BCUT2D eigenvalue weighted by Crippen LogP contribution is -2.39. The van der Waals surface area contributed by atoms with Crippen molar-refractivity contribution in [3.63, 3.8) is 0 Å². The van der Waals surface area contributed by atoms with E-state index in [0.717, 1.165) is 96.3 Å². The second-order valence-electron chi connectivity index (χ2n) is 34.6. The summed E-state index contributed by atoms with van der Waals surface area (Å²) in [5.74, 6) is 3.20. The van der Waals surface area contributed by atoms with Gasteiger partial charge in [-0.3, -0.25) is 0 Å². The lowest BCUT2D eigenvalue weighted by Gasteiger charge is -2.39. The molecule has 0 saturated heterocycles. The topological polar surface area (TPSA) is 0 Å². The van der Waals surface area contributed by atoms with Gasteiger partial charge in [-0.25, -0.2) is 39.5 Å². The smallest absolute Gasteiger partial charge is 0.113 e. The molecular formula is C89H187F9. The van der Waals surface area contributed by atoms with Crippen molar-refractivity contribution in [1.29, 1.82) is 0 Å². The number of hydrogen-bond donors (Lipinski definition) is 0. The summed E-state index contributed by atoms with van der Waals surface area (Å²) < 4.78 is 124. The van der Waals surface area contributed by atoms with Crippen LogP contribution in [0, 0.1) is 81.8 Å². The lowest BCUT2D eigenvalue weighted by molar-refractivity contribution is 0.00460. The number of rotatable bonds is 37. The highest BCUT2D eigenvalue weighted by Crippen LogP contribution is 2.45. The van der Waals surface area contributed by atoms with E-state index in [0.29, 0.717) is 75.0 Å². The number of halogens is 9. The highest BCUT2D eigenvalue weighted by molar-refractivity contribution is 4.93. The van der Waals surface area contributed by atoms with Crippen molar-refractivity contribution in [2.24, 2.45) is 81.8 Å². The van der Waals surface area contributed by atoms with Gasteiger partial charge in [-0.15, -0.1) is 0 Å². The minimum Gasteiger partial charge on any atom is -0.244 e. The van der Waals surface area contributed by atoms with E-state index < -0.39 is 51.0 Å². The molecule has 7 unspecified atom stereocenters. The Morgan fingerprint density at radius 2 is 0.459 bits per heavy atom. The monoisotopic (exact) mass is 1430 g/mol. The summed E-state index contributed by atoms with van der Waals surface area (Å²) in [7, 11) is 0. The molecule has 0 N–H and O–H groups in total. The van der Waals surface area contributed by atoms with E-state index in [9.17, 15) is 39.5 Å². The Morgan fingerprint density at radius 1 is 0.224 bits per heavy atom. The molecule has 0 radical (unpaired) electrons. The molecule has 0 spiro atoms. The molecule has 0 aromatic rings. The molecule has 7 atom stereocenters. The minimum absolute atomic E-state index is 0.123. The summed E-state index contributed by atoms with van der Waals surface area (Å²) in [4.78, 5) is 0. The average molecular weight is 1430 g/mol. The molecule has 0 bridgehead atoms. The number of alkyl halides is 9. The molecule has 606 valence electrons. The molecule has 0 aromatic heterocycles. The van der Waals surface area contributed by atoms with E-state index in [2.05, 4.69) is 138 Å². The second-order valence-corrected chi connectivity index (χ2v) is 34.6. The molecule has 0 amide bonds. The Balaban J connectivity index is -0.000000130. The first-order valence-corrected chi connectivity index (χ1v) is 41.3. The van der Waals surface area contributed by atoms with E-state index in [1.54, 1.807) is 62.3 Å². The highest BCUT2D eigenvalue weighted by Gasteiger charge is 2.43. The Labute approximate surface area is 614 Å². The Kier molecular flexibility index (Phi) is 67.0. The van der Waals surface area contributed by atoms with E-state index in [1.807, 2.05) is 96.9 Å². The highest BCUT2D eigenvalue weighted by atomic mass is 19.2. The third-order valence-corrected chi connectivity index (χ3v) is 24.5. The zero-order chi connectivity index (χ0) is 80.7. The van der Waals surface area contributed by atoms with Crippen LogP contribution in [0.1, 0.15) is 445 Å². The van der Waals surface area contributed by atoms with Crippen molar-refractivity contribution < 1.29 is 39.5 Å². The number of hydrogen-bond acceptors (Lipinski definition) is 0. The van der Waals surface area contributed by atoms with E-state index >= 15 is 0 Å². The molecular weight excluding hydrogens is 1240 g/mol. The van der Waals surface area contributed by atoms with Crippen molar-refractivity contribution in [3.8, 4) is 0 Å². The first-order valence-electron chi connectivity index (χ1n) is 41.3. The first kappa shape index (κ1) is 116. The molecule has 0 saturated carbocycles. The molecule has 9 heteroatoms. The van der Waals surface area contributed by atoms with E-state index in [4.69, 9.17) is 0 Å². The fourth-order valence-corrected chi connectivity index (χ4v) is 15.0. The van der Waals surface area contributed by atoms with Crippen LogP contribution in [0.15, 0.2) is 0 Å². The fourth-order valence-electron chi connectivity index (χ4n) is 15.0. The zero-order valence-electron chi connectivity index (χ0n) is 75.1. The van der Waals surface area contributed by atoms with Crippen molar-refractivity contribution in [2.75, 3.05) is 0 Å². The van der Waals surface area contributed by atoms with Crippen LogP contribution in [0.3, 0.4) is 0 Å². The van der Waals surface area contributed by atoms with Gasteiger partial charge in [0, 0.05) is 10.8 Å². The van der Waals surface area contributed by atoms with Crippen molar-refractivity contribution in [2.45, 2.75) is 496 Å². The summed E-state index contributed by atoms with van der Waals surface area (Å²) in [6.07, 6.45) is 19.5. The second kappa shape index (κ2) is 56.7. The van der Waals surface area contributed by atoms with Gasteiger partial charge in [0.25, 0.3) is 0 Å². The van der Waals surface area contributed by atoms with Crippen molar-refractivity contribution in [1.82, 2.24) is 0 Å². The lowest BCUT2D eigenvalue weighted by atomic mass is 9.70. The Morgan fingerprint density at radius 3 is 0.612 bits per heavy atom. The third-order valence-electron chi connectivity index (χ3n) is 24.5. The molecule has 0 aliphatic carbocycles. The van der Waals surface area contributed by atoms with Gasteiger partial charge in [0.05, 0.1) is 0 Å². The van der Waals surface area contributed by atoms with Gasteiger partial charge in [-0.1, -0.05) is 306 Å². The van der Waals surface area contributed by atoms with Crippen LogP contribution in [0.25, 0.3) is 0 Å². The maximum absolute atomic E-state index is 14.3. The average Bonchev–Trinajstić information content (AvgIpc) is 0.834. The molecule has 0 aliphatic heterocycles. The van der Waals surface area contributed by atoms with Gasteiger partial charge in [-0.2, -0.15) is 0 Å². The van der Waals surface area contributed by atoms with Gasteiger partial charge in [0.15, 0.2) is 0 Å². The van der Waals surface area contributed by atoms with E-state index in [-0.39, 0.29) is 58.2 Å². The summed E-state index contributed by atoms with van der Waals surface area (Å²) in [5.41, 5.74) is -9.01. The van der Waals surface area contributed by atoms with Gasteiger partial charge in [0.1, 0.15) is 51.0 Å². The Bertz CT molecular complexity index is 1670. The quantitative estimate of drug-likeness (QED) is 0.0544. The molecule has 98 heavy (non-hydrogen) atoms.